The van der Waals surface area contributed by atoms with Gasteiger partial charge in [0.05, 0.1) is 6.54 Å². The summed E-state index contributed by atoms with van der Waals surface area (Å²) < 4.78 is 37.6. The third-order valence-corrected chi connectivity index (χ3v) is 3.92. The number of anilines is 1. The van der Waals surface area contributed by atoms with E-state index in [9.17, 15) is 13.2 Å². The average Bonchev–Trinajstić information content (AvgIpc) is 2.35. The van der Waals surface area contributed by atoms with E-state index < -0.39 is 12.7 Å². The zero-order valence-corrected chi connectivity index (χ0v) is 12.8. The van der Waals surface area contributed by atoms with Crippen LogP contribution in [-0.4, -0.2) is 53.3 Å². The highest BCUT2D eigenvalue weighted by Gasteiger charge is 2.35. The van der Waals surface area contributed by atoms with Crippen molar-refractivity contribution in [2.75, 3.05) is 31.1 Å². The molecule has 0 N–H and O–H groups in total. The van der Waals surface area contributed by atoms with Crippen LogP contribution in [-0.2, 0) is 0 Å². The van der Waals surface area contributed by atoms with Crippen LogP contribution in [0.15, 0.2) is 0 Å². The molecule has 2 rings (SSSR count). The summed E-state index contributed by atoms with van der Waals surface area (Å²) in [6.45, 7) is 8.19. The van der Waals surface area contributed by atoms with Gasteiger partial charge in [-0.15, -0.1) is 0 Å². The first-order valence-electron chi connectivity index (χ1n) is 7.05. The molecule has 1 aromatic heterocycles. The highest BCUT2D eigenvalue weighted by Crippen LogP contribution is 2.25. The first kappa shape index (κ1) is 16.0. The minimum absolute atomic E-state index is 0.157. The zero-order chi connectivity index (χ0) is 15.8. The van der Waals surface area contributed by atoms with Crippen molar-refractivity contribution >= 4 is 5.82 Å². The smallest absolute Gasteiger partial charge is 0.353 e. The molecule has 2 heterocycles. The minimum atomic E-state index is -4.14. The number of aryl methyl sites for hydroxylation is 2. The van der Waals surface area contributed by atoms with Gasteiger partial charge in [-0.1, -0.05) is 0 Å². The van der Waals surface area contributed by atoms with Gasteiger partial charge in [0, 0.05) is 36.9 Å². The predicted molar refractivity (Wildman–Crippen MR) is 75.5 cm³/mol. The van der Waals surface area contributed by atoms with Crippen molar-refractivity contribution in [2.45, 2.75) is 39.9 Å². The minimum Gasteiger partial charge on any atom is -0.353 e. The fourth-order valence-corrected chi connectivity index (χ4v) is 2.71. The summed E-state index contributed by atoms with van der Waals surface area (Å²) in [7, 11) is 0. The Kier molecular flexibility index (Phi) is 4.41. The predicted octanol–water partition coefficient (Wildman–Crippen LogP) is 2.47. The Bertz CT molecular complexity index is 516. The number of alkyl halides is 3. The summed E-state index contributed by atoms with van der Waals surface area (Å²) in [5.74, 6) is 1.54. The van der Waals surface area contributed by atoms with Crippen LogP contribution in [0.5, 0.6) is 0 Å². The maximum atomic E-state index is 12.5. The van der Waals surface area contributed by atoms with Crippen LogP contribution in [0.25, 0.3) is 0 Å². The van der Waals surface area contributed by atoms with Crippen LogP contribution >= 0.6 is 0 Å². The van der Waals surface area contributed by atoms with Crippen LogP contribution in [0.2, 0.25) is 0 Å². The first-order chi connectivity index (χ1) is 9.67. The maximum absolute atomic E-state index is 12.5. The lowest BCUT2D eigenvalue weighted by atomic mass is 10.1. The molecular formula is C14H21F3N4. The van der Waals surface area contributed by atoms with E-state index >= 15 is 0 Å². The molecule has 21 heavy (non-hydrogen) atoms. The molecule has 1 aliphatic rings. The van der Waals surface area contributed by atoms with Gasteiger partial charge in [0.1, 0.15) is 11.6 Å². The van der Waals surface area contributed by atoms with Crippen LogP contribution in [0.1, 0.15) is 24.0 Å². The van der Waals surface area contributed by atoms with Crippen molar-refractivity contribution in [1.82, 2.24) is 14.9 Å². The van der Waals surface area contributed by atoms with Crippen molar-refractivity contribution in [3.8, 4) is 0 Å². The molecule has 1 atom stereocenters. The Morgan fingerprint density at radius 1 is 1.14 bits per heavy atom. The topological polar surface area (TPSA) is 32.3 Å². The molecule has 7 heteroatoms. The van der Waals surface area contributed by atoms with Crippen LogP contribution in [0.3, 0.4) is 0 Å². The second kappa shape index (κ2) is 5.79. The van der Waals surface area contributed by atoms with Crippen molar-refractivity contribution < 1.29 is 13.2 Å². The second-order valence-corrected chi connectivity index (χ2v) is 5.69. The highest BCUT2D eigenvalue weighted by atomic mass is 19.4. The summed E-state index contributed by atoms with van der Waals surface area (Å²) in [6, 6.07) is -0.157. The Morgan fingerprint density at radius 3 is 2.38 bits per heavy atom. The third kappa shape index (κ3) is 3.84. The Morgan fingerprint density at radius 2 is 1.81 bits per heavy atom. The second-order valence-electron chi connectivity index (χ2n) is 5.69. The van der Waals surface area contributed by atoms with Crippen LogP contribution < -0.4 is 4.90 Å². The summed E-state index contributed by atoms with van der Waals surface area (Å²) in [5, 5.41) is 0. The lowest BCUT2D eigenvalue weighted by Gasteiger charge is -2.41. The number of aromatic nitrogens is 2. The van der Waals surface area contributed by atoms with Gasteiger partial charge in [-0.3, -0.25) is 4.90 Å². The molecule has 4 nitrogen and oxygen atoms in total. The quantitative estimate of drug-likeness (QED) is 0.840. The molecule has 1 aromatic rings. The van der Waals surface area contributed by atoms with E-state index in [2.05, 4.69) is 14.9 Å². The number of nitrogens with zero attached hydrogens (tertiary/aromatic N) is 4. The summed E-state index contributed by atoms with van der Waals surface area (Å²) in [6.07, 6.45) is -4.14. The number of hydrogen-bond acceptors (Lipinski definition) is 4. The van der Waals surface area contributed by atoms with Crippen molar-refractivity contribution in [1.29, 1.82) is 0 Å². The molecular weight excluding hydrogens is 281 g/mol. The largest absolute Gasteiger partial charge is 0.401 e. The molecule has 1 aliphatic heterocycles. The van der Waals surface area contributed by atoms with Gasteiger partial charge in [0.15, 0.2) is 0 Å². The van der Waals surface area contributed by atoms with Gasteiger partial charge in [0.25, 0.3) is 0 Å². The fraction of sp³-hybridized carbons (Fsp3) is 0.714. The van der Waals surface area contributed by atoms with Crippen molar-refractivity contribution in [3.63, 3.8) is 0 Å². The molecule has 118 valence electrons. The maximum Gasteiger partial charge on any atom is 0.401 e. The zero-order valence-electron chi connectivity index (χ0n) is 12.8. The lowest BCUT2D eigenvalue weighted by Crippen LogP contribution is -2.54. The number of piperazine rings is 1. The summed E-state index contributed by atoms with van der Waals surface area (Å²) in [4.78, 5) is 12.3. The van der Waals surface area contributed by atoms with E-state index in [-0.39, 0.29) is 6.04 Å². The molecule has 1 saturated heterocycles. The van der Waals surface area contributed by atoms with E-state index in [4.69, 9.17) is 0 Å². The molecule has 0 saturated carbocycles. The van der Waals surface area contributed by atoms with Crippen molar-refractivity contribution in [3.05, 3.63) is 17.1 Å². The van der Waals surface area contributed by atoms with Crippen molar-refractivity contribution in [2.24, 2.45) is 0 Å². The molecule has 0 aromatic carbocycles. The highest BCUT2D eigenvalue weighted by molar-refractivity contribution is 5.48. The average molecular weight is 302 g/mol. The Hall–Kier alpha value is -1.37. The van der Waals surface area contributed by atoms with Crippen LogP contribution in [0, 0.1) is 20.8 Å². The monoisotopic (exact) mass is 302 g/mol. The van der Waals surface area contributed by atoms with Crippen LogP contribution in [0.4, 0.5) is 19.0 Å². The van der Waals surface area contributed by atoms with Gasteiger partial charge in [0.2, 0.25) is 0 Å². The molecule has 1 fully saturated rings. The van der Waals surface area contributed by atoms with E-state index in [0.717, 1.165) is 17.1 Å². The van der Waals surface area contributed by atoms with Gasteiger partial charge in [-0.05, 0) is 27.7 Å². The van der Waals surface area contributed by atoms with Gasteiger partial charge < -0.3 is 4.90 Å². The lowest BCUT2D eigenvalue weighted by molar-refractivity contribution is -0.150. The molecule has 0 spiro atoms. The normalized spacial score (nSPS) is 20.9. The van der Waals surface area contributed by atoms with Gasteiger partial charge in [-0.2, -0.15) is 13.2 Å². The van der Waals surface area contributed by atoms with E-state index in [1.807, 2.05) is 27.7 Å². The number of rotatable bonds is 2. The standard InChI is InChI=1S/C14H21F3N4/c1-9-7-20(5-6-21(9)8-14(15,16)17)13-10(2)11(3)18-12(4)19-13/h9H,5-8H2,1-4H3. The molecule has 0 radical (unpaired) electrons. The Labute approximate surface area is 123 Å². The first-order valence-corrected chi connectivity index (χ1v) is 7.05. The molecule has 0 bridgehead atoms. The van der Waals surface area contributed by atoms with E-state index in [1.165, 1.54) is 4.90 Å². The van der Waals surface area contributed by atoms with Gasteiger partial charge >= 0.3 is 6.18 Å². The third-order valence-electron chi connectivity index (χ3n) is 3.92. The molecule has 0 amide bonds. The fourth-order valence-electron chi connectivity index (χ4n) is 2.71. The number of hydrogen-bond donors (Lipinski definition) is 0. The van der Waals surface area contributed by atoms with E-state index in [0.29, 0.717) is 25.5 Å². The Balaban J connectivity index is 2.13. The number of halogens is 3. The summed E-state index contributed by atoms with van der Waals surface area (Å²) >= 11 is 0. The molecule has 1 unspecified atom stereocenters. The van der Waals surface area contributed by atoms with Gasteiger partial charge in [-0.25, -0.2) is 9.97 Å². The summed E-state index contributed by atoms with van der Waals surface area (Å²) in [5.41, 5.74) is 1.92. The van der Waals surface area contributed by atoms with E-state index in [1.54, 1.807) is 0 Å². The molecule has 0 aliphatic carbocycles. The SMILES string of the molecule is Cc1nc(C)c(C)c(N2CCN(CC(F)(F)F)C(C)C2)n1.